The molecule has 0 aromatic carbocycles. The van der Waals surface area contributed by atoms with E-state index >= 15 is 0 Å². The number of aliphatic carboxylic acids is 1. The molecule has 0 atom stereocenters. The molecule has 7 heteroatoms. The van der Waals surface area contributed by atoms with Crippen LogP contribution in [0.4, 0.5) is 13.6 Å². The van der Waals surface area contributed by atoms with E-state index in [2.05, 4.69) is 5.32 Å². The fraction of sp³-hybridized carbons (Fsp3) is 0.833. The Balaban J connectivity index is 2.23. The molecule has 0 aliphatic heterocycles. The van der Waals surface area contributed by atoms with E-state index in [0.717, 1.165) is 17.7 Å². The molecular formula is C12H20F2N2O3. The minimum Gasteiger partial charge on any atom is -0.481 e. The Morgan fingerprint density at radius 2 is 1.89 bits per heavy atom. The largest absolute Gasteiger partial charge is 0.481 e. The lowest BCUT2D eigenvalue weighted by Gasteiger charge is -2.27. The number of carbonyl (C=O) groups excluding carboxylic acids is 1. The van der Waals surface area contributed by atoms with Gasteiger partial charge in [0.2, 0.25) is 0 Å². The Hall–Kier alpha value is -1.40. The normalized spacial score (nSPS) is 23.2. The molecule has 0 heterocycles. The highest BCUT2D eigenvalue weighted by Gasteiger charge is 2.26. The zero-order valence-electron chi connectivity index (χ0n) is 10.9. The highest BCUT2D eigenvalue weighted by atomic mass is 19.3. The molecule has 1 fully saturated rings. The zero-order chi connectivity index (χ0) is 14.4. The van der Waals surface area contributed by atoms with E-state index in [1.54, 1.807) is 0 Å². The van der Waals surface area contributed by atoms with E-state index in [1.165, 1.54) is 7.05 Å². The van der Waals surface area contributed by atoms with Gasteiger partial charge >= 0.3 is 12.0 Å². The summed E-state index contributed by atoms with van der Waals surface area (Å²) in [4.78, 5) is 23.2. The quantitative estimate of drug-likeness (QED) is 0.805. The highest BCUT2D eigenvalue weighted by Crippen LogP contribution is 2.28. The second-order valence-corrected chi connectivity index (χ2v) is 5.01. The molecule has 0 aromatic heterocycles. The van der Waals surface area contributed by atoms with Crippen LogP contribution in [0, 0.1) is 11.8 Å². The number of carboxylic acid groups (broad SMARTS) is 1. The summed E-state index contributed by atoms with van der Waals surface area (Å²) >= 11 is 0. The molecule has 19 heavy (non-hydrogen) atoms. The van der Waals surface area contributed by atoms with E-state index in [1.807, 2.05) is 0 Å². The summed E-state index contributed by atoms with van der Waals surface area (Å²) in [6.45, 7) is -0.170. The third-order valence-corrected chi connectivity index (χ3v) is 3.50. The molecule has 2 N–H and O–H groups in total. The average molecular weight is 278 g/mol. The number of rotatable bonds is 5. The number of carboxylic acids is 1. The minimum atomic E-state index is -2.54. The Bertz CT molecular complexity index is 318. The Labute approximate surface area is 111 Å². The van der Waals surface area contributed by atoms with Crippen molar-refractivity contribution in [1.29, 1.82) is 0 Å². The van der Waals surface area contributed by atoms with Crippen molar-refractivity contribution in [2.75, 3.05) is 20.1 Å². The molecule has 1 aliphatic carbocycles. The summed E-state index contributed by atoms with van der Waals surface area (Å²) in [7, 11) is 1.32. The Kier molecular flexibility index (Phi) is 5.98. The van der Waals surface area contributed by atoms with Crippen LogP contribution in [0.15, 0.2) is 0 Å². The van der Waals surface area contributed by atoms with Crippen LogP contribution in [-0.4, -0.2) is 48.6 Å². The van der Waals surface area contributed by atoms with Gasteiger partial charge in [-0.15, -0.1) is 0 Å². The van der Waals surface area contributed by atoms with Crippen LogP contribution < -0.4 is 5.32 Å². The van der Waals surface area contributed by atoms with Gasteiger partial charge in [-0.3, -0.25) is 4.79 Å². The van der Waals surface area contributed by atoms with Crippen molar-refractivity contribution in [1.82, 2.24) is 10.2 Å². The van der Waals surface area contributed by atoms with Gasteiger partial charge in [-0.05, 0) is 31.6 Å². The summed E-state index contributed by atoms with van der Waals surface area (Å²) in [6.07, 6.45) is 0.179. The Morgan fingerprint density at radius 3 is 2.37 bits per heavy atom. The van der Waals surface area contributed by atoms with E-state index in [-0.39, 0.29) is 11.8 Å². The first-order valence-corrected chi connectivity index (χ1v) is 6.40. The zero-order valence-corrected chi connectivity index (χ0v) is 10.9. The summed E-state index contributed by atoms with van der Waals surface area (Å²) in [6, 6.07) is -0.513. The van der Waals surface area contributed by atoms with Crippen molar-refractivity contribution >= 4 is 12.0 Å². The van der Waals surface area contributed by atoms with Crippen LogP contribution in [0.3, 0.4) is 0 Å². The van der Waals surface area contributed by atoms with Gasteiger partial charge in [-0.1, -0.05) is 0 Å². The monoisotopic (exact) mass is 278 g/mol. The summed E-state index contributed by atoms with van der Waals surface area (Å²) in [5.41, 5.74) is 0. The first-order valence-electron chi connectivity index (χ1n) is 6.40. The van der Waals surface area contributed by atoms with Crippen molar-refractivity contribution in [3.05, 3.63) is 0 Å². The van der Waals surface area contributed by atoms with Crippen molar-refractivity contribution < 1.29 is 23.5 Å². The van der Waals surface area contributed by atoms with Crippen LogP contribution in [0.25, 0.3) is 0 Å². The SMILES string of the molecule is CN(CC(F)F)C(=O)NCC1CCC(C(=O)O)CC1. The molecule has 0 aromatic rings. The first kappa shape index (κ1) is 15.7. The third-order valence-electron chi connectivity index (χ3n) is 3.50. The topological polar surface area (TPSA) is 69.6 Å². The number of hydrogen-bond acceptors (Lipinski definition) is 2. The molecule has 0 spiro atoms. The van der Waals surface area contributed by atoms with Crippen LogP contribution in [-0.2, 0) is 4.79 Å². The lowest BCUT2D eigenvalue weighted by molar-refractivity contribution is -0.143. The maximum atomic E-state index is 12.1. The van der Waals surface area contributed by atoms with E-state index in [9.17, 15) is 18.4 Å². The summed E-state index contributed by atoms with van der Waals surface area (Å²) in [5.74, 6) is -0.813. The molecular weight excluding hydrogens is 258 g/mol. The fourth-order valence-electron chi connectivity index (χ4n) is 2.27. The lowest BCUT2D eigenvalue weighted by Crippen LogP contribution is -2.42. The molecule has 5 nitrogen and oxygen atoms in total. The molecule has 0 radical (unpaired) electrons. The van der Waals surface area contributed by atoms with Crippen LogP contribution in [0.5, 0.6) is 0 Å². The number of carbonyl (C=O) groups is 2. The number of amides is 2. The highest BCUT2D eigenvalue weighted by molar-refractivity contribution is 5.73. The van der Waals surface area contributed by atoms with E-state index < -0.39 is 25.0 Å². The predicted molar refractivity (Wildman–Crippen MR) is 65.1 cm³/mol. The molecule has 2 amide bonds. The van der Waals surface area contributed by atoms with Crippen LogP contribution >= 0.6 is 0 Å². The van der Waals surface area contributed by atoms with Crippen molar-refractivity contribution in [3.8, 4) is 0 Å². The molecule has 1 rings (SSSR count). The predicted octanol–water partition coefficient (Wildman–Crippen LogP) is 1.78. The first-order chi connectivity index (χ1) is 8.90. The summed E-state index contributed by atoms with van der Waals surface area (Å²) < 4.78 is 24.2. The molecule has 1 saturated carbocycles. The van der Waals surface area contributed by atoms with Crippen LogP contribution in [0.2, 0.25) is 0 Å². The smallest absolute Gasteiger partial charge is 0.317 e. The van der Waals surface area contributed by atoms with Crippen molar-refractivity contribution in [2.24, 2.45) is 11.8 Å². The fourth-order valence-corrected chi connectivity index (χ4v) is 2.27. The standard InChI is InChI=1S/C12H20F2N2O3/c1-16(7-10(13)14)12(19)15-6-8-2-4-9(5-3-8)11(17)18/h8-10H,2-7H2,1H3,(H,15,19)(H,17,18). The maximum Gasteiger partial charge on any atom is 0.317 e. The molecule has 1 aliphatic rings. The second kappa shape index (κ2) is 7.25. The molecule has 0 unspecified atom stereocenters. The molecule has 0 saturated heterocycles. The number of hydrogen-bond donors (Lipinski definition) is 2. The number of nitrogens with zero attached hydrogens (tertiary/aromatic N) is 1. The minimum absolute atomic E-state index is 0.236. The van der Waals surface area contributed by atoms with Gasteiger partial charge in [0.1, 0.15) is 0 Å². The van der Waals surface area contributed by atoms with Gasteiger partial charge < -0.3 is 15.3 Å². The number of urea groups is 1. The maximum absolute atomic E-state index is 12.1. The molecule has 0 bridgehead atoms. The van der Waals surface area contributed by atoms with Gasteiger partial charge in [0.25, 0.3) is 6.43 Å². The lowest BCUT2D eigenvalue weighted by atomic mass is 9.82. The van der Waals surface area contributed by atoms with E-state index in [0.29, 0.717) is 19.4 Å². The Morgan fingerprint density at radius 1 is 1.32 bits per heavy atom. The summed E-state index contributed by atoms with van der Waals surface area (Å²) in [5, 5.41) is 11.5. The number of halogens is 2. The van der Waals surface area contributed by atoms with Gasteiger partial charge in [0.15, 0.2) is 0 Å². The number of alkyl halides is 2. The number of nitrogens with one attached hydrogen (secondary N) is 1. The molecule has 110 valence electrons. The van der Waals surface area contributed by atoms with Crippen molar-refractivity contribution in [3.63, 3.8) is 0 Å². The van der Waals surface area contributed by atoms with Crippen LogP contribution in [0.1, 0.15) is 25.7 Å². The van der Waals surface area contributed by atoms with Gasteiger partial charge in [-0.2, -0.15) is 0 Å². The average Bonchev–Trinajstić information content (AvgIpc) is 2.35. The van der Waals surface area contributed by atoms with Gasteiger partial charge in [0, 0.05) is 13.6 Å². The van der Waals surface area contributed by atoms with Gasteiger partial charge in [0.05, 0.1) is 12.5 Å². The van der Waals surface area contributed by atoms with E-state index in [4.69, 9.17) is 5.11 Å². The second-order valence-electron chi connectivity index (χ2n) is 5.01. The van der Waals surface area contributed by atoms with Gasteiger partial charge in [-0.25, -0.2) is 13.6 Å². The van der Waals surface area contributed by atoms with Crippen molar-refractivity contribution in [2.45, 2.75) is 32.1 Å². The third kappa shape index (κ3) is 5.40.